The molecule has 7 nitrogen and oxygen atoms in total. The van der Waals surface area contributed by atoms with Gasteiger partial charge in [0.15, 0.2) is 0 Å². The van der Waals surface area contributed by atoms with Gasteiger partial charge in [-0.1, -0.05) is 0 Å². The van der Waals surface area contributed by atoms with Gasteiger partial charge in [-0.25, -0.2) is 18.4 Å². The number of hydrogen-bond acceptors (Lipinski definition) is 5. The van der Waals surface area contributed by atoms with E-state index in [-0.39, 0.29) is 23.3 Å². The molecule has 17 heavy (non-hydrogen) atoms. The van der Waals surface area contributed by atoms with Crippen LogP contribution in [0.4, 0.5) is 5.95 Å². The van der Waals surface area contributed by atoms with E-state index in [1.807, 2.05) is 0 Å². The second-order valence-corrected chi connectivity index (χ2v) is 5.75. The van der Waals surface area contributed by atoms with E-state index in [0.717, 1.165) is 0 Å². The molecular weight excluding hydrogens is 246 g/mol. The molecule has 0 unspecified atom stereocenters. The van der Waals surface area contributed by atoms with Gasteiger partial charge in [-0.2, -0.15) is 0 Å². The van der Waals surface area contributed by atoms with E-state index in [9.17, 15) is 13.2 Å². The van der Waals surface area contributed by atoms with E-state index in [1.165, 1.54) is 12.3 Å². The summed E-state index contributed by atoms with van der Waals surface area (Å²) in [6.45, 7) is 0. The first-order chi connectivity index (χ1) is 7.97. The summed E-state index contributed by atoms with van der Waals surface area (Å²) in [5.41, 5.74) is 0.265. The lowest BCUT2D eigenvalue weighted by molar-refractivity contribution is -0.136. The standard InChI is InChI=1S/C9H11N3O4S/c13-8(14)5-6-3-4-10-9(11-6)12-17(15,16)7-1-2-7/h3-4,7H,1-2,5H2,(H,13,14)(H,10,11,12). The number of nitrogens with one attached hydrogen (secondary N) is 1. The number of rotatable bonds is 5. The van der Waals surface area contributed by atoms with Crippen molar-refractivity contribution in [3.05, 3.63) is 18.0 Å². The maximum absolute atomic E-state index is 11.6. The van der Waals surface area contributed by atoms with Gasteiger partial charge in [-0.15, -0.1) is 0 Å². The van der Waals surface area contributed by atoms with Crippen LogP contribution in [0.25, 0.3) is 0 Å². The number of carbonyl (C=O) groups is 1. The number of aromatic nitrogens is 2. The highest BCUT2D eigenvalue weighted by Gasteiger charge is 2.36. The molecule has 1 aromatic heterocycles. The van der Waals surface area contributed by atoms with Gasteiger partial charge in [0.2, 0.25) is 16.0 Å². The Morgan fingerprint density at radius 2 is 2.24 bits per heavy atom. The molecule has 0 bridgehead atoms. The Morgan fingerprint density at radius 3 is 2.82 bits per heavy atom. The van der Waals surface area contributed by atoms with Gasteiger partial charge in [0.25, 0.3) is 0 Å². The normalized spacial score (nSPS) is 15.5. The van der Waals surface area contributed by atoms with Crippen molar-refractivity contribution < 1.29 is 18.3 Å². The number of carboxylic acids is 1. The number of anilines is 1. The summed E-state index contributed by atoms with van der Waals surface area (Å²) in [5.74, 6) is -1.10. The van der Waals surface area contributed by atoms with Gasteiger partial charge in [0, 0.05) is 6.20 Å². The van der Waals surface area contributed by atoms with Crippen molar-refractivity contribution in [3.8, 4) is 0 Å². The van der Waals surface area contributed by atoms with Crippen molar-refractivity contribution in [3.63, 3.8) is 0 Å². The Morgan fingerprint density at radius 1 is 1.53 bits per heavy atom. The Labute approximate surface area is 98.0 Å². The fraction of sp³-hybridized carbons (Fsp3) is 0.444. The van der Waals surface area contributed by atoms with Gasteiger partial charge >= 0.3 is 5.97 Å². The van der Waals surface area contributed by atoms with Crippen LogP contribution in [0.5, 0.6) is 0 Å². The minimum absolute atomic E-state index is 0.0735. The first-order valence-corrected chi connectivity index (χ1v) is 6.57. The summed E-state index contributed by atoms with van der Waals surface area (Å²) in [6, 6.07) is 1.43. The molecule has 0 atom stereocenters. The van der Waals surface area contributed by atoms with Crippen molar-refractivity contribution in [1.29, 1.82) is 0 Å². The van der Waals surface area contributed by atoms with Crippen LogP contribution < -0.4 is 4.72 Å². The highest BCUT2D eigenvalue weighted by Crippen LogP contribution is 2.28. The van der Waals surface area contributed by atoms with Crippen molar-refractivity contribution >= 4 is 21.9 Å². The van der Waals surface area contributed by atoms with Crippen molar-refractivity contribution in [2.45, 2.75) is 24.5 Å². The van der Waals surface area contributed by atoms with Crippen LogP contribution in [0.2, 0.25) is 0 Å². The first-order valence-electron chi connectivity index (χ1n) is 5.03. The van der Waals surface area contributed by atoms with Crippen LogP contribution >= 0.6 is 0 Å². The largest absolute Gasteiger partial charge is 0.481 e. The molecule has 0 radical (unpaired) electrons. The Bertz CT molecular complexity index is 539. The third-order valence-electron chi connectivity index (χ3n) is 2.24. The average molecular weight is 257 g/mol. The topological polar surface area (TPSA) is 109 Å². The predicted octanol–water partition coefficient (Wildman–Crippen LogP) is 0.00780. The fourth-order valence-corrected chi connectivity index (χ4v) is 2.56. The number of nitrogens with zero attached hydrogens (tertiary/aromatic N) is 2. The van der Waals surface area contributed by atoms with Crippen molar-refractivity contribution in [2.24, 2.45) is 0 Å². The molecule has 1 aliphatic carbocycles. The summed E-state index contributed by atoms with van der Waals surface area (Å²) in [5, 5.41) is 8.22. The Balaban J connectivity index is 2.13. The zero-order chi connectivity index (χ0) is 12.5. The molecule has 1 saturated carbocycles. The molecule has 1 fully saturated rings. The van der Waals surface area contributed by atoms with Crippen LogP contribution in [0.15, 0.2) is 12.3 Å². The quantitative estimate of drug-likeness (QED) is 0.768. The molecule has 92 valence electrons. The summed E-state index contributed by atoms with van der Waals surface area (Å²) < 4.78 is 25.4. The molecule has 2 rings (SSSR count). The Kier molecular flexibility index (Phi) is 2.97. The van der Waals surface area contributed by atoms with Gasteiger partial charge < -0.3 is 5.11 Å². The third-order valence-corrected chi connectivity index (χ3v) is 4.06. The van der Waals surface area contributed by atoms with Crippen LogP contribution in [0.1, 0.15) is 18.5 Å². The van der Waals surface area contributed by atoms with Gasteiger partial charge in [-0.3, -0.25) is 9.52 Å². The molecule has 1 aromatic rings. The fourth-order valence-electron chi connectivity index (χ4n) is 1.29. The second-order valence-electron chi connectivity index (χ2n) is 3.79. The lowest BCUT2D eigenvalue weighted by atomic mass is 10.3. The average Bonchev–Trinajstić information content (AvgIpc) is 2.98. The van der Waals surface area contributed by atoms with E-state index >= 15 is 0 Å². The van der Waals surface area contributed by atoms with E-state index < -0.39 is 16.0 Å². The third kappa shape index (κ3) is 3.13. The van der Waals surface area contributed by atoms with Crippen LogP contribution in [0, 0.1) is 0 Å². The smallest absolute Gasteiger partial charge is 0.309 e. The van der Waals surface area contributed by atoms with Gasteiger partial charge in [-0.05, 0) is 18.9 Å². The maximum Gasteiger partial charge on any atom is 0.309 e. The number of carboxylic acid groups (broad SMARTS) is 1. The highest BCUT2D eigenvalue weighted by atomic mass is 32.2. The first kappa shape index (κ1) is 11.8. The minimum atomic E-state index is -3.41. The molecular formula is C9H11N3O4S. The van der Waals surface area contributed by atoms with Gasteiger partial charge in [0.1, 0.15) is 0 Å². The molecule has 2 N–H and O–H groups in total. The van der Waals surface area contributed by atoms with Crippen LogP contribution in [-0.4, -0.2) is 34.7 Å². The number of hydrogen-bond donors (Lipinski definition) is 2. The van der Waals surface area contributed by atoms with E-state index in [4.69, 9.17) is 5.11 Å². The van der Waals surface area contributed by atoms with E-state index in [2.05, 4.69) is 14.7 Å². The second kappa shape index (κ2) is 4.28. The highest BCUT2D eigenvalue weighted by molar-refractivity contribution is 7.93. The lowest BCUT2D eigenvalue weighted by Gasteiger charge is -2.05. The van der Waals surface area contributed by atoms with Crippen molar-refractivity contribution in [2.75, 3.05) is 4.72 Å². The molecule has 1 heterocycles. The van der Waals surface area contributed by atoms with Crippen molar-refractivity contribution in [1.82, 2.24) is 9.97 Å². The molecule has 8 heteroatoms. The van der Waals surface area contributed by atoms with E-state index in [1.54, 1.807) is 0 Å². The van der Waals surface area contributed by atoms with Gasteiger partial charge in [0.05, 0.1) is 17.4 Å². The molecule has 0 aliphatic heterocycles. The maximum atomic E-state index is 11.6. The van der Waals surface area contributed by atoms with E-state index in [0.29, 0.717) is 12.8 Å². The monoisotopic (exact) mass is 257 g/mol. The van der Waals surface area contributed by atoms with Crippen LogP contribution in [-0.2, 0) is 21.2 Å². The minimum Gasteiger partial charge on any atom is -0.481 e. The summed E-state index contributed by atoms with van der Waals surface area (Å²) in [6.07, 6.45) is 2.35. The zero-order valence-electron chi connectivity index (χ0n) is 8.83. The molecule has 0 aromatic carbocycles. The summed E-state index contributed by atoms with van der Waals surface area (Å²) in [4.78, 5) is 18.1. The number of aliphatic carboxylic acids is 1. The Hall–Kier alpha value is -1.70. The number of sulfonamides is 1. The summed E-state index contributed by atoms with van der Waals surface area (Å²) >= 11 is 0. The molecule has 0 saturated heterocycles. The molecule has 1 aliphatic rings. The summed E-state index contributed by atoms with van der Waals surface area (Å²) in [7, 11) is -3.41. The SMILES string of the molecule is O=C(O)Cc1ccnc(NS(=O)(=O)C2CC2)n1. The zero-order valence-corrected chi connectivity index (χ0v) is 9.64. The lowest BCUT2D eigenvalue weighted by Crippen LogP contribution is -2.19. The molecule has 0 spiro atoms. The predicted molar refractivity (Wildman–Crippen MR) is 58.9 cm³/mol. The van der Waals surface area contributed by atoms with Crippen LogP contribution in [0.3, 0.4) is 0 Å². The molecule has 0 amide bonds.